The van der Waals surface area contributed by atoms with Gasteiger partial charge in [-0.15, -0.1) is 0 Å². The van der Waals surface area contributed by atoms with Crippen LogP contribution in [0.5, 0.6) is 0 Å². The smallest absolute Gasteiger partial charge is 0.0723 e. The molecule has 1 unspecified atom stereocenters. The van der Waals surface area contributed by atoms with Gasteiger partial charge in [-0.05, 0) is 23.0 Å². The van der Waals surface area contributed by atoms with E-state index < -0.39 is 0 Å². The van der Waals surface area contributed by atoms with Gasteiger partial charge in [0.2, 0.25) is 0 Å². The standard InChI is InChI=1S/C16H19Br/c1-15(2,3)13-7-9-14(10-8-13)16(17)11-5-4-6-12-16/h4-11H,12H2,1-3H3. The largest absolute Gasteiger partial charge is 0.0825 e. The topological polar surface area (TPSA) is 0 Å². The number of alkyl halides is 1. The van der Waals surface area contributed by atoms with Crippen molar-refractivity contribution in [3.05, 3.63) is 59.7 Å². The third-order valence-electron chi connectivity index (χ3n) is 3.25. The maximum absolute atomic E-state index is 3.84. The second kappa shape index (κ2) is 4.45. The molecule has 0 N–H and O–H groups in total. The second-order valence-electron chi connectivity index (χ2n) is 5.68. The maximum Gasteiger partial charge on any atom is 0.0723 e. The Bertz CT molecular complexity index is 445. The van der Waals surface area contributed by atoms with Gasteiger partial charge in [0.15, 0.2) is 0 Å². The molecule has 1 atom stereocenters. The van der Waals surface area contributed by atoms with E-state index >= 15 is 0 Å². The minimum absolute atomic E-state index is 0.0157. The fourth-order valence-electron chi connectivity index (χ4n) is 2.06. The van der Waals surface area contributed by atoms with E-state index in [1.807, 2.05) is 0 Å². The molecule has 1 aliphatic rings. The van der Waals surface area contributed by atoms with Crippen LogP contribution in [0.25, 0.3) is 0 Å². The molecule has 0 saturated heterocycles. The number of allylic oxidation sites excluding steroid dienone is 4. The van der Waals surface area contributed by atoms with Crippen LogP contribution in [0.1, 0.15) is 38.3 Å². The van der Waals surface area contributed by atoms with E-state index in [0.717, 1.165) is 6.42 Å². The fraction of sp³-hybridized carbons (Fsp3) is 0.375. The summed E-state index contributed by atoms with van der Waals surface area (Å²) < 4.78 is -0.0157. The summed E-state index contributed by atoms with van der Waals surface area (Å²) in [5, 5.41) is 0. The van der Waals surface area contributed by atoms with Gasteiger partial charge in [0.25, 0.3) is 0 Å². The third-order valence-corrected chi connectivity index (χ3v) is 4.30. The monoisotopic (exact) mass is 290 g/mol. The Labute approximate surface area is 113 Å². The molecule has 1 aromatic rings. The lowest BCUT2D eigenvalue weighted by Gasteiger charge is -2.26. The van der Waals surface area contributed by atoms with Gasteiger partial charge < -0.3 is 0 Å². The molecule has 0 spiro atoms. The van der Waals surface area contributed by atoms with Crippen molar-refractivity contribution in [1.82, 2.24) is 0 Å². The molecule has 0 bridgehead atoms. The van der Waals surface area contributed by atoms with Crippen LogP contribution in [0.2, 0.25) is 0 Å². The Balaban J connectivity index is 2.30. The number of hydrogen-bond acceptors (Lipinski definition) is 0. The van der Waals surface area contributed by atoms with Crippen molar-refractivity contribution in [3.63, 3.8) is 0 Å². The number of rotatable bonds is 1. The normalized spacial score (nSPS) is 24.0. The molecule has 0 aromatic heterocycles. The van der Waals surface area contributed by atoms with Gasteiger partial charge in [0.1, 0.15) is 0 Å². The van der Waals surface area contributed by atoms with E-state index in [0.29, 0.717) is 0 Å². The van der Waals surface area contributed by atoms with E-state index in [1.54, 1.807) is 0 Å². The molecule has 1 heteroatoms. The molecule has 90 valence electrons. The van der Waals surface area contributed by atoms with Crippen LogP contribution in [-0.2, 0) is 9.74 Å². The highest BCUT2D eigenvalue weighted by Gasteiger charge is 2.26. The minimum Gasteiger partial charge on any atom is -0.0825 e. The lowest BCUT2D eigenvalue weighted by Crippen LogP contribution is -2.16. The number of halogens is 1. The van der Waals surface area contributed by atoms with Gasteiger partial charge in [-0.1, -0.05) is 85.3 Å². The summed E-state index contributed by atoms with van der Waals surface area (Å²) in [6, 6.07) is 8.95. The summed E-state index contributed by atoms with van der Waals surface area (Å²) >= 11 is 3.84. The Morgan fingerprint density at radius 1 is 1.06 bits per heavy atom. The summed E-state index contributed by atoms with van der Waals surface area (Å²) in [6.07, 6.45) is 9.64. The van der Waals surface area contributed by atoms with Gasteiger partial charge in [0.05, 0.1) is 4.32 Å². The summed E-state index contributed by atoms with van der Waals surface area (Å²) in [6.45, 7) is 6.74. The Morgan fingerprint density at radius 3 is 2.18 bits per heavy atom. The SMILES string of the molecule is CC(C)(C)c1ccc(C2(Br)C=CC=CC2)cc1. The predicted molar refractivity (Wildman–Crippen MR) is 78.6 cm³/mol. The molecule has 2 rings (SSSR count). The van der Waals surface area contributed by atoms with E-state index in [4.69, 9.17) is 0 Å². The van der Waals surface area contributed by atoms with Crippen molar-refractivity contribution in [2.45, 2.75) is 36.9 Å². The molecule has 0 aliphatic heterocycles. The fourth-order valence-corrected chi connectivity index (χ4v) is 2.66. The molecule has 17 heavy (non-hydrogen) atoms. The van der Waals surface area contributed by atoms with Gasteiger partial charge in [-0.2, -0.15) is 0 Å². The van der Waals surface area contributed by atoms with Crippen molar-refractivity contribution in [1.29, 1.82) is 0 Å². The molecule has 1 aromatic carbocycles. The predicted octanol–water partition coefficient (Wildman–Crippen LogP) is 5.09. The average Bonchev–Trinajstić information content (AvgIpc) is 2.29. The van der Waals surface area contributed by atoms with Gasteiger partial charge >= 0.3 is 0 Å². The van der Waals surface area contributed by atoms with Crippen LogP contribution in [0.3, 0.4) is 0 Å². The van der Waals surface area contributed by atoms with Gasteiger partial charge in [0, 0.05) is 0 Å². The van der Waals surface area contributed by atoms with Crippen LogP contribution in [0, 0.1) is 0 Å². The molecule has 0 amide bonds. The van der Waals surface area contributed by atoms with Crippen LogP contribution >= 0.6 is 15.9 Å². The first-order valence-electron chi connectivity index (χ1n) is 6.06. The molecule has 0 nitrogen and oxygen atoms in total. The Morgan fingerprint density at radius 2 is 1.71 bits per heavy atom. The van der Waals surface area contributed by atoms with Gasteiger partial charge in [-0.3, -0.25) is 0 Å². The molecular formula is C16H19Br. The van der Waals surface area contributed by atoms with Crippen molar-refractivity contribution in [2.75, 3.05) is 0 Å². The lowest BCUT2D eigenvalue weighted by molar-refractivity contribution is 0.589. The Hall–Kier alpha value is -0.820. The van der Waals surface area contributed by atoms with E-state index in [1.165, 1.54) is 11.1 Å². The van der Waals surface area contributed by atoms with Crippen molar-refractivity contribution in [2.24, 2.45) is 0 Å². The summed E-state index contributed by atoms with van der Waals surface area (Å²) in [4.78, 5) is 0. The third kappa shape index (κ3) is 2.71. The van der Waals surface area contributed by atoms with E-state index in [9.17, 15) is 0 Å². The molecular weight excluding hydrogens is 272 g/mol. The summed E-state index contributed by atoms with van der Waals surface area (Å²) in [5.74, 6) is 0. The first-order chi connectivity index (χ1) is 7.92. The first kappa shape index (κ1) is 12.6. The van der Waals surface area contributed by atoms with Gasteiger partial charge in [-0.25, -0.2) is 0 Å². The van der Waals surface area contributed by atoms with E-state index in [2.05, 4.69) is 85.3 Å². The zero-order chi connectivity index (χ0) is 12.5. The second-order valence-corrected chi connectivity index (χ2v) is 7.10. The van der Waals surface area contributed by atoms with Crippen molar-refractivity contribution >= 4 is 15.9 Å². The van der Waals surface area contributed by atoms with Crippen LogP contribution < -0.4 is 0 Å². The summed E-state index contributed by atoms with van der Waals surface area (Å²) in [5.41, 5.74) is 2.93. The number of hydrogen-bond donors (Lipinski definition) is 0. The highest BCUT2D eigenvalue weighted by Crippen LogP contribution is 2.39. The molecule has 0 heterocycles. The molecule has 0 radical (unpaired) electrons. The van der Waals surface area contributed by atoms with Crippen molar-refractivity contribution < 1.29 is 0 Å². The van der Waals surface area contributed by atoms with Crippen molar-refractivity contribution in [3.8, 4) is 0 Å². The average molecular weight is 291 g/mol. The van der Waals surface area contributed by atoms with Crippen LogP contribution in [0.4, 0.5) is 0 Å². The summed E-state index contributed by atoms with van der Waals surface area (Å²) in [7, 11) is 0. The van der Waals surface area contributed by atoms with Crippen LogP contribution in [-0.4, -0.2) is 0 Å². The first-order valence-corrected chi connectivity index (χ1v) is 6.85. The lowest BCUT2D eigenvalue weighted by atomic mass is 9.84. The molecule has 0 fully saturated rings. The Kier molecular flexibility index (Phi) is 3.31. The highest BCUT2D eigenvalue weighted by atomic mass is 79.9. The minimum atomic E-state index is -0.0157. The zero-order valence-electron chi connectivity index (χ0n) is 10.7. The maximum atomic E-state index is 3.84. The van der Waals surface area contributed by atoms with E-state index in [-0.39, 0.29) is 9.74 Å². The molecule has 1 aliphatic carbocycles. The molecule has 0 saturated carbocycles. The highest BCUT2D eigenvalue weighted by molar-refractivity contribution is 9.09. The zero-order valence-corrected chi connectivity index (χ0v) is 12.3. The number of benzene rings is 1. The quantitative estimate of drug-likeness (QED) is 0.632. The van der Waals surface area contributed by atoms with Crippen LogP contribution in [0.15, 0.2) is 48.6 Å².